The van der Waals surface area contributed by atoms with Crippen LogP contribution in [-0.2, 0) is 16.0 Å². The van der Waals surface area contributed by atoms with Crippen molar-refractivity contribution >= 4 is 28.4 Å². The average Bonchev–Trinajstić information content (AvgIpc) is 2.84. The third kappa shape index (κ3) is 1.90. The van der Waals surface area contributed by atoms with Gasteiger partial charge in [0, 0.05) is 23.5 Å². The van der Waals surface area contributed by atoms with Crippen molar-refractivity contribution in [1.29, 1.82) is 0 Å². The van der Waals surface area contributed by atoms with Crippen LogP contribution < -0.4 is 0 Å². The largest absolute Gasteiger partial charge is 0.361 e. The van der Waals surface area contributed by atoms with Crippen LogP contribution in [0.4, 0.5) is 0 Å². The summed E-state index contributed by atoms with van der Waals surface area (Å²) in [6, 6.07) is 6.68. The standard InChI is InChI=1S/C14H13N3O3/c1-8-14(19)17(20)12(13(18)16-8)6-9-7-15-11-5-3-2-4-10(9)11/h2-5,7,12,15,20H,6H2,1H3. The first kappa shape index (κ1) is 12.6. The van der Waals surface area contributed by atoms with E-state index in [1.54, 1.807) is 6.20 Å². The second kappa shape index (κ2) is 4.57. The van der Waals surface area contributed by atoms with Gasteiger partial charge in [-0.1, -0.05) is 18.2 Å². The van der Waals surface area contributed by atoms with E-state index < -0.39 is 17.9 Å². The molecule has 1 aromatic heterocycles. The second-order valence-corrected chi connectivity index (χ2v) is 4.76. The summed E-state index contributed by atoms with van der Waals surface area (Å²) in [5.74, 6) is -1.13. The Morgan fingerprint density at radius 3 is 2.90 bits per heavy atom. The lowest BCUT2D eigenvalue weighted by atomic mass is 10.0. The van der Waals surface area contributed by atoms with Crippen molar-refractivity contribution in [3.05, 3.63) is 36.0 Å². The minimum absolute atomic E-state index is 0.00711. The van der Waals surface area contributed by atoms with Gasteiger partial charge in [-0.15, -0.1) is 0 Å². The Morgan fingerprint density at radius 1 is 1.35 bits per heavy atom. The zero-order chi connectivity index (χ0) is 14.3. The van der Waals surface area contributed by atoms with Gasteiger partial charge in [0.05, 0.1) is 0 Å². The third-order valence-corrected chi connectivity index (χ3v) is 3.46. The van der Waals surface area contributed by atoms with Gasteiger partial charge in [0.1, 0.15) is 11.8 Å². The first-order valence-electron chi connectivity index (χ1n) is 6.24. The van der Waals surface area contributed by atoms with Crippen molar-refractivity contribution < 1.29 is 14.8 Å². The first-order chi connectivity index (χ1) is 9.58. The maximum absolute atomic E-state index is 11.9. The van der Waals surface area contributed by atoms with Gasteiger partial charge in [-0.25, -0.2) is 10.1 Å². The summed E-state index contributed by atoms with van der Waals surface area (Å²) in [5.41, 5.74) is 1.81. The Kier molecular flexibility index (Phi) is 2.87. The van der Waals surface area contributed by atoms with Crippen molar-refractivity contribution in [2.24, 2.45) is 4.99 Å². The molecule has 2 heterocycles. The number of fused-ring (bicyclic) bond motifs is 1. The number of nitrogens with zero attached hydrogens (tertiary/aromatic N) is 2. The van der Waals surface area contributed by atoms with Crippen molar-refractivity contribution in [2.45, 2.75) is 19.4 Å². The predicted molar refractivity (Wildman–Crippen MR) is 72.5 cm³/mol. The van der Waals surface area contributed by atoms with Gasteiger partial charge >= 0.3 is 0 Å². The number of aromatic amines is 1. The molecule has 0 spiro atoms. The Labute approximate surface area is 114 Å². The molecule has 1 aliphatic rings. The first-order valence-corrected chi connectivity index (χ1v) is 6.24. The van der Waals surface area contributed by atoms with Gasteiger partial charge in [-0.3, -0.25) is 14.8 Å². The Morgan fingerprint density at radius 2 is 2.10 bits per heavy atom. The lowest BCUT2D eigenvalue weighted by molar-refractivity contribution is -0.173. The summed E-state index contributed by atoms with van der Waals surface area (Å²) in [6.45, 7) is 1.41. The highest BCUT2D eigenvalue weighted by Crippen LogP contribution is 2.21. The van der Waals surface area contributed by atoms with Crippen molar-refractivity contribution in [3.8, 4) is 0 Å². The van der Waals surface area contributed by atoms with Gasteiger partial charge in [-0.2, -0.15) is 0 Å². The van der Waals surface area contributed by atoms with Crippen molar-refractivity contribution in [1.82, 2.24) is 10.0 Å². The molecule has 2 aromatic rings. The minimum atomic E-state index is -0.967. The molecule has 1 unspecified atom stereocenters. The highest BCUT2D eigenvalue weighted by atomic mass is 16.5. The number of carbonyl (C=O) groups excluding carboxylic acids is 2. The molecule has 6 nitrogen and oxygen atoms in total. The second-order valence-electron chi connectivity index (χ2n) is 4.76. The smallest absolute Gasteiger partial charge is 0.292 e. The van der Waals surface area contributed by atoms with Crippen LogP contribution in [0.3, 0.4) is 0 Å². The molecule has 3 rings (SSSR count). The monoisotopic (exact) mass is 271 g/mol. The van der Waals surface area contributed by atoms with E-state index in [1.165, 1.54) is 6.92 Å². The fourth-order valence-corrected chi connectivity index (χ4v) is 2.38. The van der Waals surface area contributed by atoms with E-state index in [-0.39, 0.29) is 12.1 Å². The van der Waals surface area contributed by atoms with E-state index in [2.05, 4.69) is 9.98 Å². The number of hydrogen-bond donors (Lipinski definition) is 2. The molecule has 1 aromatic carbocycles. The summed E-state index contributed by atoms with van der Waals surface area (Å²) in [5, 5.41) is 11.3. The molecule has 0 aliphatic carbocycles. The number of benzene rings is 1. The number of para-hydroxylation sites is 1. The number of amides is 2. The predicted octanol–water partition coefficient (Wildman–Crippen LogP) is 1.30. The van der Waals surface area contributed by atoms with E-state index >= 15 is 0 Å². The van der Waals surface area contributed by atoms with Gasteiger partial charge in [0.25, 0.3) is 11.8 Å². The van der Waals surface area contributed by atoms with Crippen LogP contribution in [0.5, 0.6) is 0 Å². The summed E-state index contributed by atoms with van der Waals surface area (Å²) < 4.78 is 0. The van der Waals surface area contributed by atoms with Gasteiger partial charge in [-0.05, 0) is 18.6 Å². The van der Waals surface area contributed by atoms with Gasteiger partial charge in [0.2, 0.25) is 0 Å². The van der Waals surface area contributed by atoms with E-state index in [4.69, 9.17) is 0 Å². The van der Waals surface area contributed by atoms with Gasteiger partial charge in [0.15, 0.2) is 0 Å². The van der Waals surface area contributed by atoms with Crippen molar-refractivity contribution in [2.75, 3.05) is 0 Å². The fourth-order valence-electron chi connectivity index (χ4n) is 2.38. The van der Waals surface area contributed by atoms with E-state index in [0.717, 1.165) is 16.5 Å². The highest BCUT2D eigenvalue weighted by Gasteiger charge is 2.35. The van der Waals surface area contributed by atoms with Crippen LogP contribution in [0, 0.1) is 0 Å². The molecule has 1 aliphatic heterocycles. The zero-order valence-corrected chi connectivity index (χ0v) is 10.8. The van der Waals surface area contributed by atoms with Crippen LogP contribution in [0.1, 0.15) is 12.5 Å². The molecular formula is C14H13N3O3. The average molecular weight is 271 g/mol. The number of H-pyrrole nitrogens is 1. The molecular weight excluding hydrogens is 258 g/mol. The molecule has 0 fully saturated rings. The molecule has 0 saturated carbocycles. The molecule has 0 radical (unpaired) electrons. The zero-order valence-electron chi connectivity index (χ0n) is 10.8. The molecule has 0 bridgehead atoms. The molecule has 102 valence electrons. The summed E-state index contributed by atoms with van der Waals surface area (Å²) >= 11 is 0. The quantitative estimate of drug-likeness (QED) is 0.807. The summed E-state index contributed by atoms with van der Waals surface area (Å²) in [7, 11) is 0. The highest BCUT2D eigenvalue weighted by molar-refractivity contribution is 6.41. The molecule has 2 N–H and O–H groups in total. The lowest BCUT2D eigenvalue weighted by Crippen LogP contribution is -2.50. The van der Waals surface area contributed by atoms with Gasteiger partial charge < -0.3 is 4.98 Å². The molecule has 0 saturated heterocycles. The normalized spacial score (nSPS) is 19.6. The molecule has 1 atom stereocenters. The number of carbonyl (C=O) groups is 2. The Balaban J connectivity index is 1.95. The number of aromatic nitrogens is 1. The maximum atomic E-state index is 11.9. The minimum Gasteiger partial charge on any atom is -0.361 e. The van der Waals surface area contributed by atoms with Crippen LogP contribution in [-0.4, -0.2) is 38.8 Å². The Bertz CT molecular complexity index is 732. The summed E-state index contributed by atoms with van der Waals surface area (Å²) in [4.78, 5) is 30.3. The van der Waals surface area contributed by atoms with E-state index in [0.29, 0.717) is 5.06 Å². The van der Waals surface area contributed by atoms with Crippen molar-refractivity contribution in [3.63, 3.8) is 0 Å². The third-order valence-electron chi connectivity index (χ3n) is 3.46. The lowest BCUT2D eigenvalue weighted by Gasteiger charge is -2.26. The summed E-state index contributed by atoms with van der Waals surface area (Å²) in [6.07, 6.45) is 2.00. The van der Waals surface area contributed by atoms with Crippen LogP contribution >= 0.6 is 0 Å². The maximum Gasteiger partial charge on any atom is 0.292 e. The topological polar surface area (TPSA) is 85.8 Å². The SMILES string of the molecule is CC1=NC(=O)C(Cc2c[nH]c3ccccc23)N(O)C1=O. The number of nitrogens with one attached hydrogen (secondary N) is 1. The number of rotatable bonds is 2. The molecule has 20 heavy (non-hydrogen) atoms. The number of hydrogen-bond acceptors (Lipinski definition) is 3. The van der Waals surface area contributed by atoms with E-state index in [1.807, 2.05) is 24.3 Å². The molecule has 6 heteroatoms. The van der Waals surface area contributed by atoms with Crippen LogP contribution in [0.25, 0.3) is 10.9 Å². The van der Waals surface area contributed by atoms with Crippen LogP contribution in [0.15, 0.2) is 35.5 Å². The number of hydroxylamine groups is 2. The Hall–Kier alpha value is -2.47. The number of aliphatic imine (C=N–C) groups is 1. The fraction of sp³-hybridized carbons (Fsp3) is 0.214. The van der Waals surface area contributed by atoms with E-state index in [9.17, 15) is 14.8 Å². The van der Waals surface area contributed by atoms with Crippen LogP contribution in [0.2, 0.25) is 0 Å². The molecule has 2 amide bonds.